The van der Waals surface area contributed by atoms with E-state index in [9.17, 15) is 4.79 Å². The van der Waals surface area contributed by atoms with Gasteiger partial charge in [0.15, 0.2) is 5.82 Å². The summed E-state index contributed by atoms with van der Waals surface area (Å²) in [4.78, 5) is 19.6. The fourth-order valence-electron chi connectivity index (χ4n) is 3.46. The highest BCUT2D eigenvalue weighted by molar-refractivity contribution is 5.95. The van der Waals surface area contributed by atoms with Crippen LogP contribution in [0.2, 0.25) is 0 Å². The summed E-state index contributed by atoms with van der Waals surface area (Å²) in [5, 5.41) is 4.07. The smallest absolute Gasteiger partial charge is 0.254 e. The van der Waals surface area contributed by atoms with E-state index < -0.39 is 0 Å². The minimum Gasteiger partial charge on any atom is -0.464 e. The molecule has 2 aromatic heterocycles. The largest absolute Gasteiger partial charge is 0.464 e. The lowest BCUT2D eigenvalue weighted by Gasteiger charge is -2.33. The molecular weight excluding hydrogens is 342 g/mol. The summed E-state index contributed by atoms with van der Waals surface area (Å²) in [5.74, 6) is 2.15. The number of nitrogens with zero attached hydrogens (tertiary/aromatic N) is 3. The van der Waals surface area contributed by atoms with Crippen molar-refractivity contribution in [1.29, 1.82) is 0 Å². The highest BCUT2D eigenvalue weighted by Gasteiger charge is 2.33. The zero-order chi connectivity index (χ0) is 18.8. The van der Waals surface area contributed by atoms with Crippen LogP contribution in [-0.2, 0) is 0 Å². The Morgan fingerprint density at radius 1 is 1.22 bits per heavy atom. The third-order valence-electron chi connectivity index (χ3n) is 4.94. The normalized spacial score (nSPS) is 17.4. The molecule has 140 valence electrons. The van der Waals surface area contributed by atoms with Gasteiger partial charge < -0.3 is 13.8 Å². The van der Waals surface area contributed by atoms with Gasteiger partial charge in [-0.1, -0.05) is 31.1 Å². The molecule has 6 nitrogen and oxygen atoms in total. The second kappa shape index (κ2) is 7.39. The average Bonchev–Trinajstić information content (AvgIpc) is 3.39. The van der Waals surface area contributed by atoms with Gasteiger partial charge in [0, 0.05) is 23.6 Å². The lowest BCUT2D eigenvalue weighted by molar-refractivity contribution is 0.0561. The summed E-state index contributed by atoms with van der Waals surface area (Å²) in [5.41, 5.74) is 1.53. The van der Waals surface area contributed by atoms with E-state index in [4.69, 9.17) is 8.94 Å². The molecule has 0 N–H and O–H groups in total. The van der Waals surface area contributed by atoms with Crippen molar-refractivity contribution >= 4 is 5.91 Å². The maximum atomic E-state index is 13.3. The van der Waals surface area contributed by atoms with E-state index in [1.165, 1.54) is 0 Å². The van der Waals surface area contributed by atoms with E-state index in [2.05, 4.69) is 10.1 Å². The molecule has 4 rings (SSSR count). The maximum Gasteiger partial charge on any atom is 0.254 e. The summed E-state index contributed by atoms with van der Waals surface area (Å²) in [7, 11) is 0. The van der Waals surface area contributed by atoms with Crippen molar-refractivity contribution in [2.75, 3.05) is 6.54 Å². The second-order valence-electron chi connectivity index (χ2n) is 7.21. The van der Waals surface area contributed by atoms with Crippen LogP contribution in [-0.4, -0.2) is 27.5 Å². The Labute approximate surface area is 158 Å². The van der Waals surface area contributed by atoms with Gasteiger partial charge in [0.25, 0.3) is 5.91 Å². The van der Waals surface area contributed by atoms with Gasteiger partial charge in [0.1, 0.15) is 11.8 Å². The average molecular weight is 365 g/mol. The SMILES string of the molecule is CC(C)c1noc([C@@H]2CCCCN2C(=O)c2cccc(-c3ccco3)c2)n1. The zero-order valence-electron chi connectivity index (χ0n) is 15.6. The Kier molecular flexibility index (Phi) is 4.79. The minimum atomic E-state index is -0.168. The van der Waals surface area contributed by atoms with E-state index >= 15 is 0 Å². The first-order valence-electron chi connectivity index (χ1n) is 9.42. The monoisotopic (exact) mass is 365 g/mol. The molecule has 3 aromatic rings. The topological polar surface area (TPSA) is 72.4 Å². The summed E-state index contributed by atoms with van der Waals surface area (Å²) >= 11 is 0. The van der Waals surface area contributed by atoms with Crippen LogP contribution in [0.15, 0.2) is 51.6 Å². The van der Waals surface area contributed by atoms with Crippen LogP contribution in [0.25, 0.3) is 11.3 Å². The lowest BCUT2D eigenvalue weighted by Crippen LogP contribution is -2.38. The highest BCUT2D eigenvalue weighted by Crippen LogP contribution is 2.32. The molecule has 0 aliphatic carbocycles. The Morgan fingerprint density at radius 3 is 2.85 bits per heavy atom. The first-order chi connectivity index (χ1) is 13.1. The number of carbonyl (C=O) groups is 1. The number of hydrogen-bond acceptors (Lipinski definition) is 5. The predicted molar refractivity (Wildman–Crippen MR) is 100 cm³/mol. The van der Waals surface area contributed by atoms with Crippen molar-refractivity contribution in [3.05, 3.63) is 59.9 Å². The van der Waals surface area contributed by atoms with Crippen LogP contribution >= 0.6 is 0 Å². The fourth-order valence-corrected chi connectivity index (χ4v) is 3.46. The molecule has 1 atom stereocenters. The molecule has 1 amide bonds. The van der Waals surface area contributed by atoms with E-state index in [1.54, 1.807) is 6.26 Å². The molecule has 0 saturated carbocycles. The lowest BCUT2D eigenvalue weighted by atomic mass is 10.00. The van der Waals surface area contributed by atoms with Gasteiger partial charge in [-0.2, -0.15) is 4.98 Å². The molecular formula is C21H23N3O3. The number of furan rings is 1. The van der Waals surface area contributed by atoms with Crippen LogP contribution in [0, 0.1) is 0 Å². The molecule has 6 heteroatoms. The highest BCUT2D eigenvalue weighted by atomic mass is 16.5. The summed E-state index contributed by atoms with van der Waals surface area (Å²) in [6.07, 6.45) is 4.49. The number of carbonyl (C=O) groups excluding carboxylic acids is 1. The molecule has 1 saturated heterocycles. The van der Waals surface area contributed by atoms with E-state index in [1.807, 2.05) is 55.1 Å². The van der Waals surface area contributed by atoms with Gasteiger partial charge in [-0.3, -0.25) is 4.79 Å². The molecule has 1 aliphatic rings. The van der Waals surface area contributed by atoms with Crippen LogP contribution < -0.4 is 0 Å². The summed E-state index contributed by atoms with van der Waals surface area (Å²) < 4.78 is 11.0. The molecule has 0 bridgehead atoms. The van der Waals surface area contributed by atoms with Gasteiger partial charge in [0.05, 0.1) is 6.26 Å². The Bertz CT molecular complexity index is 914. The minimum absolute atomic E-state index is 0.0163. The number of hydrogen-bond donors (Lipinski definition) is 0. The van der Waals surface area contributed by atoms with Crippen molar-refractivity contribution in [3.8, 4) is 11.3 Å². The number of rotatable bonds is 4. The molecule has 1 fully saturated rings. The van der Waals surface area contributed by atoms with Gasteiger partial charge >= 0.3 is 0 Å². The molecule has 0 spiro atoms. The summed E-state index contributed by atoms with van der Waals surface area (Å²) in [6, 6.07) is 11.1. The van der Waals surface area contributed by atoms with Crippen molar-refractivity contribution in [3.63, 3.8) is 0 Å². The van der Waals surface area contributed by atoms with Crippen molar-refractivity contribution in [1.82, 2.24) is 15.0 Å². The number of amides is 1. The summed E-state index contributed by atoms with van der Waals surface area (Å²) in [6.45, 7) is 4.74. The Balaban J connectivity index is 1.62. The van der Waals surface area contributed by atoms with Crippen molar-refractivity contribution in [2.45, 2.75) is 45.1 Å². The molecule has 0 unspecified atom stereocenters. The predicted octanol–water partition coefficient (Wildman–Crippen LogP) is 4.82. The molecule has 1 aliphatic heterocycles. The molecule has 1 aromatic carbocycles. The first-order valence-corrected chi connectivity index (χ1v) is 9.42. The van der Waals surface area contributed by atoms with E-state index in [-0.39, 0.29) is 17.9 Å². The van der Waals surface area contributed by atoms with Gasteiger partial charge in [-0.25, -0.2) is 0 Å². The van der Waals surface area contributed by atoms with E-state index in [0.717, 1.165) is 30.6 Å². The quantitative estimate of drug-likeness (QED) is 0.663. The first kappa shape index (κ1) is 17.5. The second-order valence-corrected chi connectivity index (χ2v) is 7.21. The number of aromatic nitrogens is 2. The Morgan fingerprint density at radius 2 is 2.11 bits per heavy atom. The zero-order valence-corrected chi connectivity index (χ0v) is 15.6. The molecule has 27 heavy (non-hydrogen) atoms. The standard InChI is InChI=1S/C21H23N3O3/c1-14(2)19-22-20(27-23-19)17-9-3-4-11-24(17)21(25)16-8-5-7-15(13-16)18-10-6-12-26-18/h5-8,10,12-14,17H,3-4,9,11H2,1-2H3/t17-/m0/s1. The van der Waals surface area contributed by atoms with Crippen LogP contribution in [0.5, 0.6) is 0 Å². The number of benzene rings is 1. The Hall–Kier alpha value is -2.89. The van der Waals surface area contributed by atoms with Crippen LogP contribution in [0.4, 0.5) is 0 Å². The van der Waals surface area contributed by atoms with E-state index in [0.29, 0.717) is 23.8 Å². The fraction of sp³-hybridized carbons (Fsp3) is 0.381. The van der Waals surface area contributed by atoms with Gasteiger partial charge in [0.2, 0.25) is 5.89 Å². The molecule has 3 heterocycles. The van der Waals surface area contributed by atoms with Crippen LogP contribution in [0.1, 0.15) is 67.1 Å². The third kappa shape index (κ3) is 3.52. The maximum absolute atomic E-state index is 13.3. The third-order valence-corrected chi connectivity index (χ3v) is 4.94. The number of piperidine rings is 1. The van der Waals surface area contributed by atoms with Gasteiger partial charge in [-0.15, -0.1) is 0 Å². The number of likely N-dealkylation sites (tertiary alicyclic amines) is 1. The van der Waals surface area contributed by atoms with Crippen molar-refractivity contribution in [2.24, 2.45) is 0 Å². The van der Waals surface area contributed by atoms with Gasteiger partial charge in [-0.05, 0) is 43.5 Å². The van der Waals surface area contributed by atoms with Crippen molar-refractivity contribution < 1.29 is 13.7 Å². The molecule has 0 radical (unpaired) electrons. The van der Waals surface area contributed by atoms with Crippen LogP contribution in [0.3, 0.4) is 0 Å².